The molecule has 0 aliphatic rings. The fourth-order valence-electron chi connectivity index (χ4n) is 1.61. The molecule has 1 N–H and O–H groups in total. The Morgan fingerprint density at radius 1 is 1.56 bits per heavy atom. The Labute approximate surface area is 105 Å². The molecule has 1 aromatic rings. The van der Waals surface area contributed by atoms with Gasteiger partial charge in [0.15, 0.2) is 0 Å². The van der Waals surface area contributed by atoms with E-state index in [4.69, 9.17) is 10.00 Å². The van der Waals surface area contributed by atoms with E-state index in [2.05, 4.69) is 5.32 Å². The highest BCUT2D eigenvalue weighted by molar-refractivity contribution is 5.62. The SMILES string of the molecule is COCC(C)(C)Nc1ccc([N+](=O)[O-])cc1C#N. The minimum atomic E-state index is -0.523. The first-order valence-corrected chi connectivity index (χ1v) is 5.35. The van der Waals surface area contributed by atoms with Crippen LogP contribution in [0.3, 0.4) is 0 Å². The van der Waals surface area contributed by atoms with E-state index in [-0.39, 0.29) is 16.8 Å². The number of ether oxygens (including phenoxy) is 1. The molecule has 0 aliphatic carbocycles. The molecule has 0 saturated heterocycles. The highest BCUT2D eigenvalue weighted by atomic mass is 16.6. The minimum absolute atomic E-state index is 0.0957. The molecule has 1 rings (SSSR count). The summed E-state index contributed by atoms with van der Waals surface area (Å²) >= 11 is 0. The topological polar surface area (TPSA) is 88.2 Å². The molecule has 0 radical (unpaired) electrons. The van der Waals surface area contributed by atoms with Crippen LogP contribution in [0.25, 0.3) is 0 Å². The van der Waals surface area contributed by atoms with E-state index < -0.39 is 4.92 Å². The molecule has 0 fully saturated rings. The zero-order chi connectivity index (χ0) is 13.8. The lowest BCUT2D eigenvalue weighted by Crippen LogP contribution is -2.36. The maximum Gasteiger partial charge on any atom is 0.270 e. The van der Waals surface area contributed by atoms with Crippen LogP contribution < -0.4 is 5.32 Å². The van der Waals surface area contributed by atoms with Gasteiger partial charge in [0, 0.05) is 19.2 Å². The summed E-state index contributed by atoms with van der Waals surface area (Å²) in [5.74, 6) is 0. The van der Waals surface area contributed by atoms with Crippen LogP contribution in [0.2, 0.25) is 0 Å². The van der Waals surface area contributed by atoms with Crippen LogP contribution in [0.1, 0.15) is 19.4 Å². The van der Waals surface area contributed by atoms with E-state index in [9.17, 15) is 10.1 Å². The second-order valence-corrected chi connectivity index (χ2v) is 4.54. The van der Waals surface area contributed by atoms with Crippen molar-refractivity contribution < 1.29 is 9.66 Å². The summed E-state index contributed by atoms with van der Waals surface area (Å²) in [6.07, 6.45) is 0. The fourth-order valence-corrected chi connectivity index (χ4v) is 1.61. The first kappa shape index (κ1) is 13.9. The van der Waals surface area contributed by atoms with Crippen molar-refractivity contribution in [2.45, 2.75) is 19.4 Å². The number of anilines is 1. The Hall–Kier alpha value is -2.13. The average Bonchev–Trinajstić information content (AvgIpc) is 2.28. The number of nitro benzene ring substituents is 1. The maximum atomic E-state index is 10.6. The van der Waals surface area contributed by atoms with E-state index in [0.29, 0.717) is 12.3 Å². The first-order chi connectivity index (χ1) is 8.39. The van der Waals surface area contributed by atoms with Crippen molar-refractivity contribution in [1.29, 1.82) is 5.26 Å². The largest absolute Gasteiger partial charge is 0.382 e. The van der Waals surface area contributed by atoms with E-state index in [1.165, 1.54) is 18.2 Å². The van der Waals surface area contributed by atoms with Crippen LogP contribution in [-0.4, -0.2) is 24.2 Å². The van der Waals surface area contributed by atoms with Gasteiger partial charge in [-0.1, -0.05) is 0 Å². The van der Waals surface area contributed by atoms with Gasteiger partial charge < -0.3 is 10.1 Å². The van der Waals surface area contributed by atoms with Gasteiger partial charge in [0.05, 0.1) is 28.3 Å². The normalized spacial score (nSPS) is 10.8. The van der Waals surface area contributed by atoms with Crippen molar-refractivity contribution in [3.8, 4) is 6.07 Å². The van der Waals surface area contributed by atoms with Gasteiger partial charge in [-0.05, 0) is 19.9 Å². The maximum absolute atomic E-state index is 10.6. The molecular weight excluding hydrogens is 234 g/mol. The smallest absolute Gasteiger partial charge is 0.270 e. The van der Waals surface area contributed by atoms with Crippen molar-refractivity contribution in [3.05, 3.63) is 33.9 Å². The molecule has 0 saturated carbocycles. The van der Waals surface area contributed by atoms with Gasteiger partial charge in [0.2, 0.25) is 0 Å². The van der Waals surface area contributed by atoms with Crippen molar-refractivity contribution in [2.24, 2.45) is 0 Å². The number of benzene rings is 1. The molecule has 1 aromatic carbocycles. The lowest BCUT2D eigenvalue weighted by molar-refractivity contribution is -0.384. The van der Waals surface area contributed by atoms with E-state index >= 15 is 0 Å². The van der Waals surface area contributed by atoms with Crippen LogP contribution >= 0.6 is 0 Å². The summed E-state index contributed by atoms with van der Waals surface area (Å²) in [7, 11) is 1.59. The lowest BCUT2D eigenvalue weighted by atomic mass is 10.0. The van der Waals surface area contributed by atoms with Gasteiger partial charge in [-0.25, -0.2) is 0 Å². The molecule has 18 heavy (non-hydrogen) atoms. The van der Waals surface area contributed by atoms with Crippen LogP contribution in [0.5, 0.6) is 0 Å². The van der Waals surface area contributed by atoms with Crippen LogP contribution in [0, 0.1) is 21.4 Å². The number of methoxy groups -OCH3 is 1. The number of nitriles is 1. The predicted octanol–water partition coefficient (Wildman–Crippen LogP) is 2.30. The van der Waals surface area contributed by atoms with Crippen molar-refractivity contribution in [2.75, 3.05) is 19.0 Å². The van der Waals surface area contributed by atoms with Gasteiger partial charge >= 0.3 is 0 Å². The summed E-state index contributed by atoms with van der Waals surface area (Å²) in [6, 6.07) is 6.11. The fraction of sp³-hybridized carbons (Fsp3) is 0.417. The molecule has 0 unspecified atom stereocenters. The molecule has 6 heteroatoms. The average molecular weight is 249 g/mol. The van der Waals surface area contributed by atoms with Crippen molar-refractivity contribution >= 4 is 11.4 Å². The number of nitrogens with one attached hydrogen (secondary N) is 1. The van der Waals surface area contributed by atoms with Crippen LogP contribution in [0.15, 0.2) is 18.2 Å². The Kier molecular flexibility index (Phi) is 4.23. The molecule has 0 heterocycles. The zero-order valence-electron chi connectivity index (χ0n) is 10.6. The quantitative estimate of drug-likeness (QED) is 0.639. The second-order valence-electron chi connectivity index (χ2n) is 4.54. The number of nitro groups is 1. The number of rotatable bonds is 5. The monoisotopic (exact) mass is 249 g/mol. The van der Waals surface area contributed by atoms with E-state index in [0.717, 1.165) is 0 Å². The number of hydrogen-bond acceptors (Lipinski definition) is 5. The number of non-ortho nitro benzene ring substituents is 1. The third kappa shape index (κ3) is 3.43. The van der Waals surface area contributed by atoms with E-state index in [1.807, 2.05) is 19.9 Å². The molecule has 0 bridgehead atoms. The van der Waals surface area contributed by atoms with Gasteiger partial charge in [0.1, 0.15) is 6.07 Å². The summed E-state index contributed by atoms with van der Waals surface area (Å²) in [5, 5.41) is 22.8. The van der Waals surface area contributed by atoms with Gasteiger partial charge in [0.25, 0.3) is 5.69 Å². The molecule has 0 aromatic heterocycles. The highest BCUT2D eigenvalue weighted by Gasteiger charge is 2.20. The Morgan fingerprint density at radius 3 is 2.72 bits per heavy atom. The predicted molar refractivity (Wildman–Crippen MR) is 67.4 cm³/mol. The Balaban J connectivity index is 3.04. The number of hydrogen-bond donors (Lipinski definition) is 1. The van der Waals surface area contributed by atoms with Crippen LogP contribution in [-0.2, 0) is 4.74 Å². The standard InChI is InChI=1S/C12H15N3O3/c1-12(2,8-18-3)14-11-5-4-10(15(16)17)6-9(11)7-13/h4-6,14H,8H2,1-3H3. The number of nitrogens with zero attached hydrogens (tertiary/aromatic N) is 2. The van der Waals surface area contributed by atoms with Crippen LogP contribution in [0.4, 0.5) is 11.4 Å². The van der Waals surface area contributed by atoms with Gasteiger partial charge in [-0.2, -0.15) is 5.26 Å². The molecular formula is C12H15N3O3. The molecule has 96 valence electrons. The summed E-state index contributed by atoms with van der Waals surface area (Å²) in [4.78, 5) is 10.1. The first-order valence-electron chi connectivity index (χ1n) is 5.35. The van der Waals surface area contributed by atoms with Gasteiger partial charge in [-0.15, -0.1) is 0 Å². The lowest BCUT2D eigenvalue weighted by Gasteiger charge is -2.27. The van der Waals surface area contributed by atoms with Gasteiger partial charge in [-0.3, -0.25) is 10.1 Å². The van der Waals surface area contributed by atoms with Crippen molar-refractivity contribution in [3.63, 3.8) is 0 Å². The minimum Gasteiger partial charge on any atom is -0.382 e. The Morgan fingerprint density at radius 2 is 2.22 bits per heavy atom. The zero-order valence-corrected chi connectivity index (χ0v) is 10.6. The molecule has 0 aliphatic heterocycles. The summed E-state index contributed by atoms with van der Waals surface area (Å²) in [6.45, 7) is 4.28. The summed E-state index contributed by atoms with van der Waals surface area (Å²) < 4.78 is 5.06. The molecule has 0 spiro atoms. The van der Waals surface area contributed by atoms with E-state index in [1.54, 1.807) is 7.11 Å². The molecule has 0 amide bonds. The Bertz CT molecular complexity index is 492. The highest BCUT2D eigenvalue weighted by Crippen LogP contribution is 2.24. The second kappa shape index (κ2) is 5.47. The summed E-state index contributed by atoms with van der Waals surface area (Å²) in [5.41, 5.74) is 0.344. The molecule has 6 nitrogen and oxygen atoms in total. The third-order valence-corrected chi connectivity index (χ3v) is 2.31. The third-order valence-electron chi connectivity index (χ3n) is 2.31. The van der Waals surface area contributed by atoms with Crippen molar-refractivity contribution in [1.82, 2.24) is 0 Å². The molecule has 0 atom stereocenters.